The van der Waals surface area contributed by atoms with Crippen LogP contribution in [0.3, 0.4) is 0 Å². The lowest BCUT2D eigenvalue weighted by atomic mass is 9.88. The molecule has 214 valence electrons. The van der Waals surface area contributed by atoms with Gasteiger partial charge in [-0.1, -0.05) is 11.6 Å². The summed E-state index contributed by atoms with van der Waals surface area (Å²) in [5.74, 6) is -0.557. The van der Waals surface area contributed by atoms with Gasteiger partial charge < -0.3 is 20.1 Å². The Balaban J connectivity index is 1.47. The van der Waals surface area contributed by atoms with Gasteiger partial charge in [0.05, 0.1) is 24.1 Å². The molecule has 3 aromatic heterocycles. The van der Waals surface area contributed by atoms with E-state index < -0.39 is 65.5 Å². The zero-order valence-corrected chi connectivity index (χ0v) is 21.0. The minimum absolute atomic E-state index is 0.000558. The molecule has 2 atom stereocenters. The van der Waals surface area contributed by atoms with E-state index in [9.17, 15) is 35.9 Å². The molecule has 0 radical (unpaired) electrons. The standard InChI is InChI=1S/C22H18ClF6N7O4/c1-20(22(27,28)29)9-35(12-7-30-15-6-14(23)33-36(15)17(12)20)18(37)31-10-4-13(21(24,25)26)32-16(5-10)40-11-2-3-34(8-11)19(38)39/h4-7,11H,2-3,8-9H2,1H3,(H,38,39)(H,31,32,37)/t11?,20-/m1/s1. The molecule has 0 aromatic carbocycles. The van der Waals surface area contributed by atoms with Crippen LogP contribution >= 0.6 is 11.6 Å². The van der Waals surface area contributed by atoms with E-state index in [0.29, 0.717) is 11.0 Å². The molecule has 2 aliphatic rings. The summed E-state index contributed by atoms with van der Waals surface area (Å²) in [7, 11) is 0. The highest BCUT2D eigenvalue weighted by atomic mass is 35.5. The van der Waals surface area contributed by atoms with Crippen LogP contribution in [0, 0.1) is 0 Å². The number of hydrogen-bond donors (Lipinski definition) is 2. The highest BCUT2D eigenvalue weighted by Gasteiger charge is 2.60. The van der Waals surface area contributed by atoms with Crippen molar-refractivity contribution in [1.82, 2.24) is 24.5 Å². The van der Waals surface area contributed by atoms with Crippen LogP contribution in [0.25, 0.3) is 5.65 Å². The number of nitrogens with zero attached hydrogens (tertiary/aromatic N) is 6. The molecule has 1 fully saturated rings. The van der Waals surface area contributed by atoms with Crippen molar-refractivity contribution < 1.29 is 45.8 Å². The lowest BCUT2D eigenvalue weighted by molar-refractivity contribution is -0.181. The lowest BCUT2D eigenvalue weighted by Gasteiger charge is -2.28. The maximum absolute atomic E-state index is 14.3. The Kier molecular flexibility index (Phi) is 6.39. The number of urea groups is 1. The predicted octanol–water partition coefficient (Wildman–Crippen LogP) is 4.80. The summed E-state index contributed by atoms with van der Waals surface area (Å²) >= 11 is 5.86. The number of likely N-dealkylation sites (tertiary alicyclic amines) is 1. The molecule has 2 N–H and O–H groups in total. The van der Waals surface area contributed by atoms with Crippen molar-refractivity contribution in [1.29, 1.82) is 0 Å². The number of fused-ring (bicyclic) bond motifs is 3. The third-order valence-electron chi connectivity index (χ3n) is 6.64. The van der Waals surface area contributed by atoms with E-state index in [4.69, 9.17) is 21.4 Å². The number of halogens is 7. The third-order valence-corrected chi connectivity index (χ3v) is 6.82. The smallest absolute Gasteiger partial charge is 0.433 e. The first-order chi connectivity index (χ1) is 18.6. The van der Waals surface area contributed by atoms with Gasteiger partial charge in [-0.15, -0.1) is 0 Å². The van der Waals surface area contributed by atoms with Gasteiger partial charge in [0.25, 0.3) is 0 Å². The first kappa shape index (κ1) is 27.5. The maximum atomic E-state index is 14.3. The molecule has 18 heteroatoms. The van der Waals surface area contributed by atoms with Gasteiger partial charge in [-0.25, -0.2) is 24.1 Å². The Morgan fingerprint density at radius 1 is 1.20 bits per heavy atom. The van der Waals surface area contributed by atoms with Gasteiger partial charge in [0.15, 0.2) is 16.5 Å². The number of amides is 3. The number of ether oxygens (including phenoxy) is 1. The average molecular weight is 594 g/mol. The molecule has 0 aliphatic carbocycles. The van der Waals surface area contributed by atoms with Crippen LogP contribution in [0.2, 0.25) is 5.15 Å². The minimum Gasteiger partial charge on any atom is -0.472 e. The van der Waals surface area contributed by atoms with Crippen molar-refractivity contribution in [2.24, 2.45) is 0 Å². The van der Waals surface area contributed by atoms with Gasteiger partial charge in [-0.05, 0) is 13.0 Å². The van der Waals surface area contributed by atoms with Gasteiger partial charge in [0.1, 0.15) is 11.5 Å². The molecular formula is C22H18ClF6N7O4. The SMILES string of the molecule is C[C@@]1(C(F)(F)F)CN(C(=O)Nc2cc(OC3CCN(C(=O)O)C3)nc(C(F)(F)F)c2)c2cnc3cc(Cl)nn3c21. The second kappa shape index (κ2) is 9.28. The Bertz CT molecular complexity index is 1510. The van der Waals surface area contributed by atoms with Gasteiger partial charge >= 0.3 is 24.5 Å². The molecule has 40 heavy (non-hydrogen) atoms. The van der Waals surface area contributed by atoms with Crippen LogP contribution in [-0.2, 0) is 11.6 Å². The Hall–Kier alpha value is -4.02. The third kappa shape index (κ3) is 4.77. The lowest BCUT2D eigenvalue weighted by Crippen LogP contribution is -2.46. The number of nitrogens with one attached hydrogen (secondary N) is 1. The van der Waals surface area contributed by atoms with Gasteiger partial charge in [-0.3, -0.25) is 4.90 Å². The van der Waals surface area contributed by atoms with Crippen LogP contribution in [-0.4, -0.2) is 73.6 Å². The fraction of sp³-hybridized carbons (Fsp3) is 0.409. The van der Waals surface area contributed by atoms with E-state index in [2.05, 4.69) is 20.4 Å². The number of rotatable bonds is 3. The average Bonchev–Trinajstić information content (AvgIpc) is 3.53. The predicted molar refractivity (Wildman–Crippen MR) is 126 cm³/mol. The largest absolute Gasteiger partial charge is 0.472 e. The first-order valence-corrected chi connectivity index (χ1v) is 11.9. The zero-order chi connectivity index (χ0) is 29.2. The number of anilines is 2. The number of carbonyl (C=O) groups excluding carboxylic acids is 1. The molecule has 0 saturated carbocycles. The van der Waals surface area contributed by atoms with Crippen LogP contribution < -0.4 is 15.0 Å². The summed E-state index contributed by atoms with van der Waals surface area (Å²) in [5, 5.41) is 15.0. The number of aromatic nitrogens is 4. The number of pyridine rings is 1. The highest BCUT2D eigenvalue weighted by molar-refractivity contribution is 6.29. The van der Waals surface area contributed by atoms with Gasteiger partial charge in [-0.2, -0.15) is 31.4 Å². The Morgan fingerprint density at radius 3 is 2.55 bits per heavy atom. The second-order valence-electron chi connectivity index (χ2n) is 9.41. The molecule has 2 aliphatic heterocycles. The van der Waals surface area contributed by atoms with E-state index in [1.165, 1.54) is 6.07 Å². The molecule has 1 unspecified atom stereocenters. The summed E-state index contributed by atoms with van der Waals surface area (Å²) in [6.07, 6.45) is -10.7. The summed E-state index contributed by atoms with van der Waals surface area (Å²) in [6, 6.07) is 1.51. The topological polar surface area (TPSA) is 125 Å². The molecule has 5 heterocycles. The number of carboxylic acid groups (broad SMARTS) is 1. The fourth-order valence-corrected chi connectivity index (χ4v) is 4.81. The van der Waals surface area contributed by atoms with Crippen molar-refractivity contribution in [3.05, 3.63) is 40.9 Å². The van der Waals surface area contributed by atoms with Gasteiger partial charge in [0, 0.05) is 37.3 Å². The molecule has 11 nitrogen and oxygen atoms in total. The van der Waals surface area contributed by atoms with E-state index in [1.807, 2.05) is 0 Å². The fourth-order valence-electron chi connectivity index (χ4n) is 4.63. The van der Waals surface area contributed by atoms with Crippen molar-refractivity contribution >= 4 is 40.7 Å². The summed E-state index contributed by atoms with van der Waals surface area (Å²) < 4.78 is 89.9. The zero-order valence-electron chi connectivity index (χ0n) is 20.2. The van der Waals surface area contributed by atoms with E-state index in [0.717, 1.165) is 28.6 Å². The van der Waals surface area contributed by atoms with E-state index in [1.54, 1.807) is 0 Å². The molecule has 0 bridgehead atoms. The monoisotopic (exact) mass is 593 g/mol. The first-order valence-electron chi connectivity index (χ1n) is 11.5. The summed E-state index contributed by atoms with van der Waals surface area (Å²) in [6.45, 7) is -0.0913. The van der Waals surface area contributed by atoms with Crippen molar-refractivity contribution in [2.75, 3.05) is 29.9 Å². The van der Waals surface area contributed by atoms with Crippen LogP contribution in [0.1, 0.15) is 24.7 Å². The molecule has 5 rings (SSSR count). The normalized spacial score (nSPS) is 21.1. The molecule has 3 aromatic rings. The van der Waals surface area contributed by atoms with Crippen LogP contribution in [0.4, 0.5) is 47.3 Å². The minimum atomic E-state index is -4.97. The van der Waals surface area contributed by atoms with Crippen LogP contribution in [0.5, 0.6) is 5.88 Å². The quantitative estimate of drug-likeness (QED) is 0.418. The second-order valence-corrected chi connectivity index (χ2v) is 9.80. The summed E-state index contributed by atoms with van der Waals surface area (Å²) in [4.78, 5) is 33.5. The Morgan fingerprint density at radius 2 is 1.93 bits per heavy atom. The van der Waals surface area contributed by atoms with Crippen molar-refractivity contribution in [3.8, 4) is 5.88 Å². The number of carbonyl (C=O) groups is 2. The van der Waals surface area contributed by atoms with Crippen LogP contribution in [0.15, 0.2) is 24.4 Å². The number of hydrogen-bond acceptors (Lipinski definition) is 6. The van der Waals surface area contributed by atoms with Crippen molar-refractivity contribution in [3.63, 3.8) is 0 Å². The molecule has 3 amide bonds. The summed E-state index contributed by atoms with van der Waals surface area (Å²) in [5.41, 5.74) is -5.23. The Labute approximate surface area is 225 Å². The van der Waals surface area contributed by atoms with Gasteiger partial charge in [0.2, 0.25) is 5.88 Å². The maximum Gasteiger partial charge on any atom is 0.433 e. The van der Waals surface area contributed by atoms with Crippen molar-refractivity contribution in [2.45, 2.75) is 37.2 Å². The molecule has 0 spiro atoms. The molecule has 1 saturated heterocycles. The molecular weight excluding hydrogens is 576 g/mol. The number of alkyl halides is 6. The van der Waals surface area contributed by atoms with E-state index >= 15 is 0 Å². The van der Waals surface area contributed by atoms with E-state index in [-0.39, 0.29) is 36.0 Å². The highest BCUT2D eigenvalue weighted by Crippen LogP contribution is 2.50.